The van der Waals surface area contributed by atoms with Crippen LogP contribution in [0.4, 0.5) is 84.2 Å². The predicted molar refractivity (Wildman–Crippen MR) is 101 cm³/mol. The summed E-state index contributed by atoms with van der Waals surface area (Å²) in [7, 11) is 0. The molecule has 1 saturated carbocycles. The summed E-state index contributed by atoms with van der Waals surface area (Å²) in [6, 6.07) is 0. The smallest absolute Gasteiger partial charge is 0.448 e. The second kappa shape index (κ2) is 12.2. The van der Waals surface area contributed by atoms with E-state index < -0.39 is 85.4 Å². The van der Waals surface area contributed by atoms with E-state index in [4.69, 9.17) is 4.74 Å². The van der Waals surface area contributed by atoms with E-state index in [-0.39, 0.29) is 0 Å². The van der Waals surface area contributed by atoms with Crippen LogP contribution in [-0.4, -0.2) is 72.5 Å². The second-order valence-electron chi connectivity index (χ2n) is 8.80. The zero-order valence-electron chi connectivity index (χ0n) is 20.3. The predicted octanol–water partition coefficient (Wildman–Crippen LogP) is 7.48. The first kappa shape index (κ1) is 37.4. The van der Waals surface area contributed by atoms with Crippen LogP contribution < -0.4 is 10.9 Å². The molecule has 1 aliphatic rings. The molecular formula is C19H19F17N2O4. The van der Waals surface area contributed by atoms with Crippen LogP contribution in [0.15, 0.2) is 0 Å². The van der Waals surface area contributed by atoms with Gasteiger partial charge in [0.25, 0.3) is 0 Å². The number of ether oxygens (including phenoxy) is 2. The third kappa shape index (κ3) is 6.77. The zero-order valence-corrected chi connectivity index (χ0v) is 20.3. The van der Waals surface area contributed by atoms with Crippen molar-refractivity contribution in [2.75, 3.05) is 6.61 Å². The molecule has 0 radical (unpaired) electrons. The molecule has 0 spiro atoms. The molecule has 0 unspecified atom stereocenters. The fourth-order valence-electron chi connectivity index (χ4n) is 3.31. The summed E-state index contributed by atoms with van der Waals surface area (Å²) in [6.45, 7) is -1.45. The second-order valence-corrected chi connectivity index (χ2v) is 8.80. The normalized spacial score (nSPS) is 17.1. The number of hydrogen-bond acceptors (Lipinski definition) is 4. The molecule has 0 aromatic rings. The quantitative estimate of drug-likeness (QED) is 0.137. The van der Waals surface area contributed by atoms with E-state index in [1.54, 1.807) is 5.43 Å². The molecule has 2 N–H and O–H groups in total. The van der Waals surface area contributed by atoms with Gasteiger partial charge in [0.15, 0.2) is 0 Å². The van der Waals surface area contributed by atoms with Gasteiger partial charge in [-0.05, 0) is 32.1 Å². The molecule has 0 aliphatic heterocycles. The molecule has 0 aromatic heterocycles. The van der Waals surface area contributed by atoms with Crippen LogP contribution in [0.3, 0.4) is 0 Å². The molecule has 248 valence electrons. The standard InChI is InChI=1S/C19H19F17N2O4/c20-12(21,7-4-8-41-10(39)37-38-11(40)42-9-5-2-1-3-6-9)13(22,23)14(24,25)15(26,27)16(28,29)17(30,31)18(32,33)19(34,35)36/h9H,1-8H2,(H,37,39)(H,38,40). The number of hydrazine groups is 1. The van der Waals surface area contributed by atoms with Gasteiger partial charge in [0.2, 0.25) is 0 Å². The Bertz CT molecular complexity index is 949. The van der Waals surface area contributed by atoms with Gasteiger partial charge in [0.1, 0.15) is 6.10 Å². The van der Waals surface area contributed by atoms with Crippen molar-refractivity contribution in [1.82, 2.24) is 10.9 Å². The number of hydrogen-bond donors (Lipinski definition) is 2. The van der Waals surface area contributed by atoms with E-state index in [9.17, 15) is 84.2 Å². The number of carbonyl (C=O) groups excluding carboxylic acids is 2. The average Bonchev–Trinajstić information content (AvgIpc) is 2.84. The molecule has 2 amide bonds. The molecule has 1 aliphatic carbocycles. The van der Waals surface area contributed by atoms with E-state index in [1.165, 1.54) is 5.43 Å². The van der Waals surface area contributed by atoms with Gasteiger partial charge in [0.05, 0.1) is 6.61 Å². The first-order valence-corrected chi connectivity index (χ1v) is 11.2. The highest BCUT2D eigenvalue weighted by Crippen LogP contribution is 2.64. The highest BCUT2D eigenvalue weighted by Gasteiger charge is 2.95. The lowest BCUT2D eigenvalue weighted by Crippen LogP contribution is -2.74. The largest absolute Gasteiger partial charge is 0.460 e. The van der Waals surface area contributed by atoms with Gasteiger partial charge < -0.3 is 9.47 Å². The van der Waals surface area contributed by atoms with Gasteiger partial charge in [0, 0.05) is 6.42 Å². The highest BCUT2D eigenvalue weighted by molar-refractivity contribution is 5.73. The molecule has 1 rings (SSSR count). The van der Waals surface area contributed by atoms with Crippen LogP contribution in [0, 0.1) is 0 Å². The molecule has 1 fully saturated rings. The van der Waals surface area contributed by atoms with E-state index in [1.807, 2.05) is 0 Å². The lowest BCUT2D eigenvalue weighted by Gasteiger charge is -2.42. The van der Waals surface area contributed by atoms with Gasteiger partial charge in [-0.3, -0.25) is 0 Å². The Kier molecular flexibility index (Phi) is 10.8. The van der Waals surface area contributed by atoms with Gasteiger partial charge in [-0.15, -0.1) is 0 Å². The van der Waals surface area contributed by atoms with Crippen molar-refractivity contribution in [3.63, 3.8) is 0 Å². The summed E-state index contributed by atoms with van der Waals surface area (Å²) in [4.78, 5) is 22.8. The molecule has 42 heavy (non-hydrogen) atoms. The summed E-state index contributed by atoms with van der Waals surface area (Å²) in [5.74, 6) is -56.9. The highest BCUT2D eigenvalue weighted by atomic mass is 19.4. The molecule has 0 bridgehead atoms. The minimum Gasteiger partial charge on any atom is -0.448 e. The zero-order chi connectivity index (χ0) is 33.2. The summed E-state index contributed by atoms with van der Waals surface area (Å²) < 4.78 is 234. The van der Waals surface area contributed by atoms with Gasteiger partial charge in [-0.2, -0.15) is 74.6 Å². The van der Waals surface area contributed by atoms with Gasteiger partial charge in [-0.25, -0.2) is 20.4 Å². The Hall–Kier alpha value is -2.65. The summed E-state index contributed by atoms with van der Waals surface area (Å²) >= 11 is 0. The Labute approximate surface area is 223 Å². The first-order valence-electron chi connectivity index (χ1n) is 11.2. The summed E-state index contributed by atoms with van der Waals surface area (Å²) in [6.07, 6.45) is -12.4. The Morgan fingerprint density at radius 1 is 0.571 bits per heavy atom. The third-order valence-electron chi connectivity index (χ3n) is 5.75. The number of alkyl halides is 17. The Morgan fingerprint density at radius 2 is 0.976 bits per heavy atom. The lowest BCUT2D eigenvalue weighted by molar-refractivity contribution is -0.461. The van der Waals surface area contributed by atoms with Crippen LogP contribution >= 0.6 is 0 Å². The number of nitrogens with one attached hydrogen (secondary N) is 2. The minimum absolute atomic E-state index is 0.488. The molecule has 23 heteroatoms. The summed E-state index contributed by atoms with van der Waals surface area (Å²) in [5, 5.41) is 0. The number of rotatable bonds is 11. The maximum absolute atomic E-state index is 13.8. The van der Waals surface area contributed by atoms with Gasteiger partial charge >= 0.3 is 59.8 Å². The number of halogens is 17. The van der Waals surface area contributed by atoms with Crippen molar-refractivity contribution < 1.29 is 93.7 Å². The van der Waals surface area contributed by atoms with Gasteiger partial charge in [-0.1, -0.05) is 6.42 Å². The minimum atomic E-state index is -8.70. The van der Waals surface area contributed by atoms with Crippen molar-refractivity contribution in [3.8, 4) is 0 Å². The van der Waals surface area contributed by atoms with E-state index in [0.717, 1.165) is 19.3 Å². The summed E-state index contributed by atoms with van der Waals surface area (Å²) in [5.41, 5.74) is 3.06. The molecule has 0 atom stereocenters. The first-order chi connectivity index (χ1) is 18.6. The number of amides is 2. The fourth-order valence-corrected chi connectivity index (χ4v) is 3.31. The van der Waals surface area contributed by atoms with Crippen molar-refractivity contribution in [1.29, 1.82) is 0 Å². The van der Waals surface area contributed by atoms with E-state index in [0.29, 0.717) is 12.8 Å². The fraction of sp³-hybridized carbons (Fsp3) is 0.895. The monoisotopic (exact) mass is 662 g/mol. The molecule has 6 nitrogen and oxygen atoms in total. The SMILES string of the molecule is O=C(NNC(=O)OC1CCCCC1)OCCCC(F)(F)C(F)(F)C(F)(F)C(F)(F)C(F)(F)C(F)(F)C(F)(F)C(F)(F)F. The van der Waals surface area contributed by atoms with Crippen LogP contribution in [-0.2, 0) is 9.47 Å². The average molecular weight is 662 g/mol. The van der Waals surface area contributed by atoms with Crippen LogP contribution in [0.1, 0.15) is 44.9 Å². The molecule has 0 aromatic carbocycles. The molecule has 0 heterocycles. The topological polar surface area (TPSA) is 76.7 Å². The van der Waals surface area contributed by atoms with Crippen LogP contribution in [0.25, 0.3) is 0 Å². The Morgan fingerprint density at radius 3 is 1.43 bits per heavy atom. The maximum atomic E-state index is 13.8. The van der Waals surface area contributed by atoms with E-state index in [2.05, 4.69) is 4.74 Å². The van der Waals surface area contributed by atoms with Crippen molar-refractivity contribution in [2.45, 2.75) is 98.7 Å². The van der Waals surface area contributed by atoms with Crippen molar-refractivity contribution in [2.24, 2.45) is 0 Å². The molecule has 0 saturated heterocycles. The number of carbonyl (C=O) groups is 2. The van der Waals surface area contributed by atoms with E-state index >= 15 is 0 Å². The Balaban J connectivity index is 2.89. The van der Waals surface area contributed by atoms with Crippen LogP contribution in [0.5, 0.6) is 0 Å². The van der Waals surface area contributed by atoms with Crippen molar-refractivity contribution in [3.05, 3.63) is 0 Å². The third-order valence-corrected chi connectivity index (χ3v) is 5.75. The molecular weight excluding hydrogens is 643 g/mol. The lowest BCUT2D eigenvalue weighted by atomic mass is 9.88. The van der Waals surface area contributed by atoms with Crippen molar-refractivity contribution >= 4 is 12.2 Å². The maximum Gasteiger partial charge on any atom is 0.460 e. The van der Waals surface area contributed by atoms with Crippen LogP contribution in [0.2, 0.25) is 0 Å².